The maximum atomic E-state index is 6.74. The molecule has 0 saturated heterocycles. The maximum absolute atomic E-state index is 6.74. The molecule has 0 aliphatic heterocycles. The first-order valence-electron chi connectivity index (χ1n) is 15.2. The molecule has 0 saturated carbocycles. The van der Waals surface area contributed by atoms with Crippen LogP contribution >= 0.6 is 0 Å². The largest absolute Gasteiger partial charge is 0.378 e. The zero-order valence-electron chi connectivity index (χ0n) is 26.4. The average Bonchev–Trinajstić information content (AvgIpc) is 3.06. The van der Waals surface area contributed by atoms with Crippen LogP contribution in [0.4, 0.5) is 11.4 Å². The fourth-order valence-corrected chi connectivity index (χ4v) is 5.45. The molecule has 5 aromatic rings. The summed E-state index contributed by atoms with van der Waals surface area (Å²) >= 11 is 0. The minimum atomic E-state index is -0.732. The standard InChI is InChI=1S/C41H42N2O/c1-6-44-41(36-10-8-7-9-11-36,37-24-16-32(17-25-37)12-14-34-20-28-39(29-21-34)42(2)3)38-26-18-33(19-27-38)13-15-35-22-30-40(31-23-35)43(4)5/h7-31H,6H2,1-5H3/b14-12+,15-13+. The van der Waals surface area contributed by atoms with E-state index in [9.17, 15) is 0 Å². The van der Waals surface area contributed by atoms with Crippen molar-refractivity contribution in [2.24, 2.45) is 0 Å². The molecule has 0 heterocycles. The third-order valence-electron chi connectivity index (χ3n) is 7.93. The molecule has 0 fully saturated rings. The molecular weight excluding hydrogens is 536 g/mol. The third kappa shape index (κ3) is 7.02. The van der Waals surface area contributed by atoms with E-state index in [-0.39, 0.29) is 0 Å². The minimum Gasteiger partial charge on any atom is -0.378 e. The van der Waals surface area contributed by atoms with Crippen LogP contribution in [0.1, 0.15) is 45.9 Å². The highest BCUT2D eigenvalue weighted by Crippen LogP contribution is 2.41. The number of ether oxygens (including phenoxy) is 1. The molecule has 0 amide bonds. The van der Waals surface area contributed by atoms with E-state index in [2.05, 4.69) is 197 Å². The van der Waals surface area contributed by atoms with Gasteiger partial charge in [0, 0.05) is 46.2 Å². The van der Waals surface area contributed by atoms with Crippen LogP contribution in [0.25, 0.3) is 24.3 Å². The van der Waals surface area contributed by atoms with Crippen molar-refractivity contribution in [1.29, 1.82) is 0 Å². The van der Waals surface area contributed by atoms with Crippen molar-refractivity contribution >= 4 is 35.7 Å². The summed E-state index contributed by atoms with van der Waals surface area (Å²) in [5.41, 5.74) is 9.59. The van der Waals surface area contributed by atoms with E-state index in [0.717, 1.165) is 27.8 Å². The molecule has 0 N–H and O–H groups in total. The molecule has 3 heteroatoms. The lowest BCUT2D eigenvalue weighted by Gasteiger charge is -2.35. The molecule has 5 rings (SSSR count). The van der Waals surface area contributed by atoms with Crippen LogP contribution in [0, 0.1) is 0 Å². The van der Waals surface area contributed by atoms with Crippen molar-refractivity contribution in [3.63, 3.8) is 0 Å². The lowest BCUT2D eigenvalue weighted by atomic mass is 9.79. The molecule has 0 aromatic heterocycles. The van der Waals surface area contributed by atoms with Crippen LogP contribution in [-0.4, -0.2) is 34.8 Å². The zero-order valence-corrected chi connectivity index (χ0v) is 26.4. The summed E-state index contributed by atoms with van der Waals surface area (Å²) in [6.45, 7) is 2.64. The predicted molar refractivity (Wildman–Crippen MR) is 190 cm³/mol. The van der Waals surface area contributed by atoms with Gasteiger partial charge in [-0.25, -0.2) is 0 Å². The van der Waals surface area contributed by atoms with Crippen LogP contribution in [0.5, 0.6) is 0 Å². The van der Waals surface area contributed by atoms with Gasteiger partial charge in [-0.15, -0.1) is 0 Å². The minimum absolute atomic E-state index is 0.574. The van der Waals surface area contributed by atoms with Gasteiger partial charge < -0.3 is 14.5 Å². The van der Waals surface area contributed by atoms with Crippen molar-refractivity contribution in [2.75, 3.05) is 44.6 Å². The van der Waals surface area contributed by atoms with Gasteiger partial charge in [-0.3, -0.25) is 0 Å². The van der Waals surface area contributed by atoms with E-state index in [4.69, 9.17) is 4.74 Å². The second-order valence-electron chi connectivity index (χ2n) is 11.4. The summed E-state index contributed by atoms with van der Waals surface area (Å²) in [5, 5.41) is 0. The molecule has 44 heavy (non-hydrogen) atoms. The Morgan fingerprint density at radius 1 is 0.455 bits per heavy atom. The van der Waals surface area contributed by atoms with Gasteiger partial charge >= 0.3 is 0 Å². The van der Waals surface area contributed by atoms with E-state index >= 15 is 0 Å². The van der Waals surface area contributed by atoms with Crippen LogP contribution in [0.2, 0.25) is 0 Å². The first kappa shape index (κ1) is 30.6. The highest BCUT2D eigenvalue weighted by Gasteiger charge is 2.37. The summed E-state index contributed by atoms with van der Waals surface area (Å²) in [7, 11) is 8.23. The van der Waals surface area contributed by atoms with Crippen molar-refractivity contribution < 1.29 is 4.74 Å². The predicted octanol–water partition coefficient (Wildman–Crippen LogP) is 9.49. The summed E-state index contributed by atoms with van der Waals surface area (Å²) < 4.78 is 6.74. The van der Waals surface area contributed by atoms with Crippen LogP contribution in [0.3, 0.4) is 0 Å². The Hall–Kier alpha value is -4.86. The molecule has 3 nitrogen and oxygen atoms in total. The summed E-state index contributed by atoms with van der Waals surface area (Å²) in [6.07, 6.45) is 8.64. The fourth-order valence-electron chi connectivity index (χ4n) is 5.45. The van der Waals surface area contributed by atoms with Crippen LogP contribution in [0.15, 0.2) is 127 Å². The number of benzene rings is 5. The first-order chi connectivity index (χ1) is 21.4. The Morgan fingerprint density at radius 2 is 0.773 bits per heavy atom. The lowest BCUT2D eigenvalue weighted by Crippen LogP contribution is -2.33. The second kappa shape index (κ2) is 14.1. The van der Waals surface area contributed by atoms with E-state index < -0.39 is 5.60 Å². The Morgan fingerprint density at radius 3 is 1.09 bits per heavy atom. The first-order valence-corrected chi connectivity index (χ1v) is 15.2. The van der Waals surface area contributed by atoms with Gasteiger partial charge in [-0.1, -0.05) is 127 Å². The molecule has 0 spiro atoms. The highest BCUT2D eigenvalue weighted by atomic mass is 16.5. The Balaban J connectivity index is 1.44. The lowest BCUT2D eigenvalue weighted by molar-refractivity contribution is 0.0216. The van der Waals surface area contributed by atoms with Crippen LogP contribution < -0.4 is 9.80 Å². The van der Waals surface area contributed by atoms with E-state index in [1.54, 1.807) is 0 Å². The SMILES string of the molecule is CCOC(c1ccccc1)(c1ccc(/C=C/c2ccc(N(C)C)cc2)cc1)c1ccc(/C=C/c2ccc(N(C)C)cc2)cc1. The maximum Gasteiger partial charge on any atom is 0.143 e. The quantitative estimate of drug-likeness (QED) is 0.115. The van der Waals surface area contributed by atoms with Crippen LogP contribution in [-0.2, 0) is 10.3 Å². The summed E-state index contributed by atoms with van der Waals surface area (Å²) in [4.78, 5) is 4.22. The second-order valence-corrected chi connectivity index (χ2v) is 11.4. The topological polar surface area (TPSA) is 15.7 Å². The number of anilines is 2. The van der Waals surface area contributed by atoms with Gasteiger partial charge in [0.05, 0.1) is 0 Å². The van der Waals surface area contributed by atoms with Gasteiger partial charge in [-0.2, -0.15) is 0 Å². The van der Waals surface area contributed by atoms with Gasteiger partial charge in [0.15, 0.2) is 0 Å². The normalized spacial score (nSPS) is 11.8. The molecule has 5 aromatic carbocycles. The smallest absolute Gasteiger partial charge is 0.143 e. The Labute approximate surface area is 263 Å². The molecule has 0 atom stereocenters. The van der Waals surface area contributed by atoms with Crippen molar-refractivity contribution in [2.45, 2.75) is 12.5 Å². The molecule has 0 bridgehead atoms. The fraction of sp³-hybridized carbons (Fsp3) is 0.171. The van der Waals surface area contributed by atoms with Gasteiger partial charge in [0.25, 0.3) is 0 Å². The number of hydrogen-bond donors (Lipinski definition) is 0. The van der Waals surface area contributed by atoms with Gasteiger partial charge in [0.2, 0.25) is 0 Å². The molecule has 0 aliphatic rings. The molecular formula is C41H42N2O. The van der Waals surface area contributed by atoms with Gasteiger partial charge in [-0.05, 0) is 70.1 Å². The van der Waals surface area contributed by atoms with Gasteiger partial charge in [0.1, 0.15) is 5.60 Å². The Bertz CT molecular complexity index is 1560. The molecule has 0 radical (unpaired) electrons. The van der Waals surface area contributed by atoms with E-state index in [0.29, 0.717) is 6.61 Å². The van der Waals surface area contributed by atoms with Crippen molar-refractivity contribution in [3.8, 4) is 0 Å². The summed E-state index contributed by atoms with van der Waals surface area (Å²) in [6, 6.07) is 45.2. The molecule has 0 unspecified atom stereocenters. The van der Waals surface area contributed by atoms with E-state index in [1.807, 2.05) is 0 Å². The van der Waals surface area contributed by atoms with Crippen molar-refractivity contribution in [3.05, 3.63) is 166 Å². The summed E-state index contributed by atoms with van der Waals surface area (Å²) in [5.74, 6) is 0. The number of hydrogen-bond acceptors (Lipinski definition) is 3. The van der Waals surface area contributed by atoms with Crippen molar-refractivity contribution in [1.82, 2.24) is 0 Å². The molecule has 0 aliphatic carbocycles. The average molecular weight is 579 g/mol. The number of rotatable bonds is 11. The third-order valence-corrected chi connectivity index (χ3v) is 7.93. The zero-order chi connectivity index (χ0) is 30.9. The highest BCUT2D eigenvalue weighted by molar-refractivity contribution is 5.72. The Kier molecular flexibility index (Phi) is 9.79. The monoisotopic (exact) mass is 578 g/mol. The number of nitrogens with zero attached hydrogens (tertiary/aromatic N) is 2. The van der Waals surface area contributed by atoms with E-state index in [1.165, 1.54) is 22.5 Å². The molecule has 222 valence electrons.